The van der Waals surface area contributed by atoms with E-state index in [4.69, 9.17) is 4.74 Å². The van der Waals surface area contributed by atoms with E-state index >= 15 is 0 Å². The molecule has 0 atom stereocenters. The molecule has 2 aromatic rings. The lowest BCUT2D eigenvalue weighted by Crippen LogP contribution is -2.36. The Balaban J connectivity index is 1.57. The average molecular weight is 388 g/mol. The number of carbonyl (C=O) groups is 2. The fourth-order valence-corrected chi connectivity index (χ4v) is 4.01. The molecule has 0 saturated heterocycles. The second-order valence-electron chi connectivity index (χ2n) is 6.49. The number of rotatable bonds is 5. The smallest absolute Gasteiger partial charge is 0.413 e. The summed E-state index contributed by atoms with van der Waals surface area (Å²) in [5.74, 6) is -0.0264. The van der Waals surface area contributed by atoms with Crippen molar-refractivity contribution in [2.24, 2.45) is 0 Å². The molecule has 2 amide bonds. The van der Waals surface area contributed by atoms with Gasteiger partial charge in [-0.05, 0) is 38.0 Å². The Morgan fingerprint density at radius 1 is 1.30 bits per heavy atom. The van der Waals surface area contributed by atoms with Crippen LogP contribution in [0, 0.1) is 13.8 Å². The fraction of sp³-hybridized carbons (Fsp3) is 0.421. The standard InChI is InChI=1S/C19H24N4O3S/c1-4-26-19(25)22-18-21-15-8-9-23(10-16(15)27-18)11-17(24)20-14-7-5-6-12(2)13(14)3/h5-7H,4,8-11H2,1-3H3,(H,20,24)(H,21,22,25). The molecule has 8 heteroatoms. The summed E-state index contributed by atoms with van der Waals surface area (Å²) in [4.78, 5) is 31.6. The number of aryl methyl sites for hydroxylation is 1. The van der Waals surface area contributed by atoms with Crippen LogP contribution in [0.1, 0.15) is 28.6 Å². The number of amides is 2. The predicted octanol–water partition coefficient (Wildman–Crippen LogP) is 3.33. The predicted molar refractivity (Wildman–Crippen MR) is 106 cm³/mol. The van der Waals surface area contributed by atoms with E-state index in [1.807, 2.05) is 32.0 Å². The summed E-state index contributed by atoms with van der Waals surface area (Å²) in [7, 11) is 0. The largest absolute Gasteiger partial charge is 0.450 e. The molecule has 0 radical (unpaired) electrons. The summed E-state index contributed by atoms with van der Waals surface area (Å²) in [5, 5.41) is 6.19. The lowest BCUT2D eigenvalue weighted by Gasteiger charge is -2.25. The molecule has 0 unspecified atom stereocenters. The van der Waals surface area contributed by atoms with E-state index in [0.717, 1.165) is 40.4 Å². The molecule has 2 N–H and O–H groups in total. The van der Waals surface area contributed by atoms with Crippen molar-refractivity contribution in [1.29, 1.82) is 0 Å². The van der Waals surface area contributed by atoms with E-state index in [1.54, 1.807) is 6.92 Å². The first kappa shape index (κ1) is 19.3. The molecule has 144 valence electrons. The second-order valence-corrected chi connectivity index (χ2v) is 7.57. The summed E-state index contributed by atoms with van der Waals surface area (Å²) >= 11 is 1.43. The zero-order valence-electron chi connectivity index (χ0n) is 15.8. The maximum atomic E-state index is 12.4. The van der Waals surface area contributed by atoms with Gasteiger partial charge >= 0.3 is 6.09 Å². The highest BCUT2D eigenvalue weighted by atomic mass is 32.1. The van der Waals surface area contributed by atoms with Gasteiger partial charge in [0, 0.05) is 30.1 Å². The van der Waals surface area contributed by atoms with Crippen LogP contribution >= 0.6 is 11.3 Å². The van der Waals surface area contributed by atoms with Crippen molar-refractivity contribution in [1.82, 2.24) is 9.88 Å². The number of thiazole rings is 1. The molecule has 0 saturated carbocycles. The Hall–Kier alpha value is -2.45. The van der Waals surface area contributed by atoms with Gasteiger partial charge in [0.15, 0.2) is 5.13 Å². The average Bonchev–Trinajstić information content (AvgIpc) is 3.00. The third-order valence-corrected chi connectivity index (χ3v) is 5.54. The van der Waals surface area contributed by atoms with Crippen molar-refractivity contribution in [3.05, 3.63) is 39.9 Å². The van der Waals surface area contributed by atoms with E-state index in [2.05, 4.69) is 20.5 Å². The highest BCUT2D eigenvalue weighted by Crippen LogP contribution is 2.28. The van der Waals surface area contributed by atoms with Gasteiger partial charge in [0.25, 0.3) is 0 Å². The number of nitrogens with one attached hydrogen (secondary N) is 2. The maximum Gasteiger partial charge on any atom is 0.413 e. The molecular formula is C19H24N4O3S. The van der Waals surface area contributed by atoms with E-state index in [9.17, 15) is 9.59 Å². The molecule has 0 fully saturated rings. The second kappa shape index (κ2) is 8.49. The molecule has 1 aromatic carbocycles. The molecular weight excluding hydrogens is 364 g/mol. The third kappa shape index (κ3) is 4.84. The molecule has 0 spiro atoms. The molecule has 1 aromatic heterocycles. The quantitative estimate of drug-likeness (QED) is 0.821. The molecule has 1 aliphatic heterocycles. The first-order valence-corrected chi connectivity index (χ1v) is 9.78. The highest BCUT2D eigenvalue weighted by molar-refractivity contribution is 7.15. The van der Waals surface area contributed by atoms with Gasteiger partial charge in [0.2, 0.25) is 5.91 Å². The Bertz CT molecular complexity index is 849. The Labute approximate surface area is 162 Å². The molecule has 0 bridgehead atoms. The Morgan fingerprint density at radius 2 is 2.11 bits per heavy atom. The topological polar surface area (TPSA) is 83.6 Å². The number of benzene rings is 1. The minimum absolute atomic E-state index is 0.0264. The summed E-state index contributed by atoms with van der Waals surface area (Å²) < 4.78 is 4.88. The van der Waals surface area contributed by atoms with E-state index in [0.29, 0.717) is 24.8 Å². The zero-order chi connectivity index (χ0) is 19.4. The summed E-state index contributed by atoms with van der Waals surface area (Å²) in [6.07, 6.45) is 0.265. The van der Waals surface area contributed by atoms with Gasteiger partial charge in [0.1, 0.15) is 0 Å². The lowest BCUT2D eigenvalue weighted by atomic mass is 10.1. The normalized spacial score (nSPS) is 13.7. The molecule has 27 heavy (non-hydrogen) atoms. The van der Waals surface area contributed by atoms with Gasteiger partial charge in [-0.1, -0.05) is 23.5 Å². The van der Waals surface area contributed by atoms with Crippen LogP contribution in [-0.2, 0) is 22.5 Å². The minimum atomic E-state index is -0.492. The molecule has 7 nitrogen and oxygen atoms in total. The first-order valence-electron chi connectivity index (χ1n) is 8.97. The van der Waals surface area contributed by atoms with Crippen LogP contribution in [0.4, 0.5) is 15.6 Å². The van der Waals surface area contributed by atoms with Gasteiger partial charge in [0.05, 0.1) is 18.8 Å². The van der Waals surface area contributed by atoms with Crippen molar-refractivity contribution in [2.75, 3.05) is 30.3 Å². The Morgan fingerprint density at radius 3 is 2.89 bits per heavy atom. The van der Waals surface area contributed by atoms with Crippen LogP contribution < -0.4 is 10.6 Å². The van der Waals surface area contributed by atoms with Crippen molar-refractivity contribution in [3.8, 4) is 0 Å². The fourth-order valence-electron chi connectivity index (χ4n) is 2.97. The number of hydrogen-bond acceptors (Lipinski definition) is 6. The van der Waals surface area contributed by atoms with Crippen molar-refractivity contribution in [3.63, 3.8) is 0 Å². The van der Waals surface area contributed by atoms with E-state index in [1.165, 1.54) is 11.3 Å². The molecule has 0 aliphatic carbocycles. The summed E-state index contributed by atoms with van der Waals surface area (Å²) in [6.45, 7) is 7.85. The molecule has 1 aliphatic rings. The van der Waals surface area contributed by atoms with Crippen molar-refractivity contribution < 1.29 is 14.3 Å². The zero-order valence-corrected chi connectivity index (χ0v) is 16.6. The molecule has 3 rings (SSSR count). The number of nitrogens with zero attached hydrogens (tertiary/aromatic N) is 2. The number of ether oxygens (including phenoxy) is 1. The maximum absolute atomic E-state index is 12.4. The Kier molecular flexibility index (Phi) is 6.08. The van der Waals surface area contributed by atoms with Crippen LogP contribution in [0.5, 0.6) is 0 Å². The number of hydrogen-bond donors (Lipinski definition) is 2. The van der Waals surface area contributed by atoms with Crippen LogP contribution in [0.15, 0.2) is 18.2 Å². The SMILES string of the molecule is CCOC(=O)Nc1nc2c(s1)CN(CC(=O)Nc1cccc(C)c1C)CC2. The number of anilines is 2. The number of fused-ring (bicyclic) bond motifs is 1. The van der Waals surface area contributed by atoms with Gasteiger partial charge < -0.3 is 10.1 Å². The lowest BCUT2D eigenvalue weighted by molar-refractivity contribution is -0.117. The van der Waals surface area contributed by atoms with Crippen LogP contribution in [-0.4, -0.2) is 41.6 Å². The van der Waals surface area contributed by atoms with Gasteiger partial charge in [-0.25, -0.2) is 9.78 Å². The monoisotopic (exact) mass is 388 g/mol. The van der Waals surface area contributed by atoms with Gasteiger partial charge in [-0.2, -0.15) is 0 Å². The van der Waals surface area contributed by atoms with Crippen molar-refractivity contribution in [2.45, 2.75) is 33.7 Å². The minimum Gasteiger partial charge on any atom is -0.450 e. The van der Waals surface area contributed by atoms with Gasteiger partial charge in [-0.3, -0.25) is 15.0 Å². The third-order valence-electron chi connectivity index (χ3n) is 4.54. The summed E-state index contributed by atoms with van der Waals surface area (Å²) in [5.41, 5.74) is 4.08. The summed E-state index contributed by atoms with van der Waals surface area (Å²) in [6, 6.07) is 5.90. The van der Waals surface area contributed by atoms with E-state index in [-0.39, 0.29) is 5.91 Å². The van der Waals surface area contributed by atoms with Crippen LogP contribution in [0.3, 0.4) is 0 Å². The van der Waals surface area contributed by atoms with Crippen LogP contribution in [0.2, 0.25) is 0 Å². The van der Waals surface area contributed by atoms with E-state index < -0.39 is 6.09 Å². The van der Waals surface area contributed by atoms with Crippen LogP contribution in [0.25, 0.3) is 0 Å². The highest BCUT2D eigenvalue weighted by Gasteiger charge is 2.23. The number of carbonyl (C=O) groups excluding carboxylic acids is 2. The molecule has 2 heterocycles. The first-order chi connectivity index (χ1) is 13.0. The number of aromatic nitrogens is 1. The van der Waals surface area contributed by atoms with Gasteiger partial charge in [-0.15, -0.1) is 0 Å². The van der Waals surface area contributed by atoms with Crippen molar-refractivity contribution >= 4 is 34.2 Å².